The number of nitrogens with two attached hydrogens (primary N) is 1. The van der Waals surface area contributed by atoms with E-state index in [4.69, 9.17) is 5.73 Å². The summed E-state index contributed by atoms with van der Waals surface area (Å²) in [5.41, 5.74) is 7.26. The molecule has 2 unspecified atom stereocenters. The number of hydrogen-bond donors (Lipinski definition) is 1. The fourth-order valence-corrected chi connectivity index (χ4v) is 2.23. The largest absolute Gasteiger partial charge is 0.374 e. The van der Waals surface area contributed by atoms with Gasteiger partial charge in [0.15, 0.2) is 0 Å². The van der Waals surface area contributed by atoms with E-state index in [1.807, 2.05) is 0 Å². The number of piperidine rings is 1. The lowest BCUT2D eigenvalue weighted by Crippen LogP contribution is -2.42. The van der Waals surface area contributed by atoms with Crippen molar-refractivity contribution in [2.75, 3.05) is 13.1 Å². The SMILES string of the molecule is C/C=C(\C(C)N)N1CCC(C)[C@H](C)C1. The first kappa shape index (κ1) is 11.6. The van der Waals surface area contributed by atoms with E-state index in [9.17, 15) is 0 Å². The van der Waals surface area contributed by atoms with Crippen molar-refractivity contribution in [1.82, 2.24) is 4.90 Å². The van der Waals surface area contributed by atoms with Gasteiger partial charge in [0.25, 0.3) is 0 Å². The second kappa shape index (κ2) is 4.83. The van der Waals surface area contributed by atoms with Gasteiger partial charge >= 0.3 is 0 Å². The van der Waals surface area contributed by atoms with Crippen LogP contribution in [0.15, 0.2) is 11.8 Å². The molecule has 2 heteroatoms. The van der Waals surface area contributed by atoms with Gasteiger partial charge in [0.05, 0.1) is 0 Å². The summed E-state index contributed by atoms with van der Waals surface area (Å²) >= 11 is 0. The normalized spacial score (nSPS) is 31.8. The van der Waals surface area contributed by atoms with Crippen LogP contribution in [0.3, 0.4) is 0 Å². The van der Waals surface area contributed by atoms with Crippen LogP contribution in [0.1, 0.15) is 34.1 Å². The second-order valence-corrected chi connectivity index (χ2v) is 4.69. The van der Waals surface area contributed by atoms with Gasteiger partial charge in [-0.25, -0.2) is 0 Å². The molecule has 0 aromatic rings. The Kier molecular flexibility index (Phi) is 3.99. The van der Waals surface area contributed by atoms with E-state index in [0.717, 1.165) is 11.8 Å². The van der Waals surface area contributed by atoms with Gasteiger partial charge < -0.3 is 10.6 Å². The van der Waals surface area contributed by atoms with Gasteiger partial charge in [-0.2, -0.15) is 0 Å². The zero-order chi connectivity index (χ0) is 10.7. The number of rotatable bonds is 2. The molecule has 0 aromatic carbocycles. The highest BCUT2D eigenvalue weighted by Gasteiger charge is 2.24. The van der Waals surface area contributed by atoms with Crippen molar-refractivity contribution in [3.8, 4) is 0 Å². The molecule has 0 amide bonds. The first-order chi connectivity index (χ1) is 6.56. The minimum atomic E-state index is 0.167. The van der Waals surface area contributed by atoms with Gasteiger partial charge in [-0.1, -0.05) is 19.9 Å². The summed E-state index contributed by atoms with van der Waals surface area (Å²) in [6.45, 7) is 11.2. The van der Waals surface area contributed by atoms with E-state index in [-0.39, 0.29) is 6.04 Å². The third-order valence-electron chi connectivity index (χ3n) is 3.46. The number of hydrogen-bond acceptors (Lipinski definition) is 2. The molecular formula is C12H24N2. The Morgan fingerprint density at radius 1 is 1.43 bits per heavy atom. The highest BCUT2D eigenvalue weighted by molar-refractivity contribution is 5.07. The average molecular weight is 196 g/mol. The molecule has 1 fully saturated rings. The summed E-state index contributed by atoms with van der Waals surface area (Å²) in [6, 6.07) is 0.167. The molecular weight excluding hydrogens is 172 g/mol. The van der Waals surface area contributed by atoms with E-state index >= 15 is 0 Å². The molecule has 1 heterocycles. The molecule has 82 valence electrons. The Labute approximate surface area is 88.2 Å². The topological polar surface area (TPSA) is 29.3 Å². The summed E-state index contributed by atoms with van der Waals surface area (Å²) in [4.78, 5) is 2.45. The number of nitrogens with zero attached hydrogens (tertiary/aromatic N) is 1. The molecule has 1 rings (SSSR count). The smallest absolute Gasteiger partial charge is 0.0414 e. The molecule has 2 nitrogen and oxygen atoms in total. The zero-order valence-electron chi connectivity index (χ0n) is 9.96. The molecule has 1 aliphatic rings. The molecule has 0 spiro atoms. The van der Waals surface area contributed by atoms with Crippen molar-refractivity contribution in [1.29, 1.82) is 0 Å². The molecule has 0 aliphatic carbocycles. The van der Waals surface area contributed by atoms with Crippen molar-refractivity contribution in [2.45, 2.75) is 40.2 Å². The average Bonchev–Trinajstić information content (AvgIpc) is 2.11. The third-order valence-corrected chi connectivity index (χ3v) is 3.46. The second-order valence-electron chi connectivity index (χ2n) is 4.69. The highest BCUT2D eigenvalue weighted by atomic mass is 15.2. The van der Waals surface area contributed by atoms with Crippen molar-refractivity contribution in [3.05, 3.63) is 11.8 Å². The first-order valence-corrected chi connectivity index (χ1v) is 5.73. The van der Waals surface area contributed by atoms with Crippen LogP contribution >= 0.6 is 0 Å². The number of likely N-dealkylation sites (tertiary alicyclic amines) is 1. The van der Waals surface area contributed by atoms with Crippen molar-refractivity contribution in [2.24, 2.45) is 17.6 Å². The van der Waals surface area contributed by atoms with Gasteiger partial charge in [0.1, 0.15) is 0 Å². The maximum absolute atomic E-state index is 5.95. The fourth-order valence-electron chi connectivity index (χ4n) is 2.23. The molecule has 0 radical (unpaired) electrons. The van der Waals surface area contributed by atoms with Crippen molar-refractivity contribution < 1.29 is 0 Å². The zero-order valence-corrected chi connectivity index (χ0v) is 9.96. The third kappa shape index (κ3) is 2.50. The van der Waals surface area contributed by atoms with Gasteiger partial charge in [-0.3, -0.25) is 0 Å². The van der Waals surface area contributed by atoms with E-state index in [2.05, 4.69) is 38.7 Å². The van der Waals surface area contributed by atoms with Crippen LogP contribution in [0.25, 0.3) is 0 Å². The lowest BCUT2D eigenvalue weighted by Gasteiger charge is -2.39. The minimum Gasteiger partial charge on any atom is -0.374 e. The Morgan fingerprint density at radius 2 is 2.07 bits per heavy atom. The van der Waals surface area contributed by atoms with Crippen LogP contribution in [0, 0.1) is 11.8 Å². The van der Waals surface area contributed by atoms with E-state index in [1.54, 1.807) is 0 Å². The Bertz CT molecular complexity index is 208. The van der Waals surface area contributed by atoms with Crippen molar-refractivity contribution >= 4 is 0 Å². The Hall–Kier alpha value is -0.500. The van der Waals surface area contributed by atoms with Crippen LogP contribution in [0.5, 0.6) is 0 Å². The summed E-state index contributed by atoms with van der Waals surface area (Å²) < 4.78 is 0. The molecule has 0 saturated carbocycles. The predicted octanol–water partition coefficient (Wildman–Crippen LogP) is 2.22. The molecule has 3 atom stereocenters. The summed E-state index contributed by atoms with van der Waals surface area (Å²) in [6.07, 6.45) is 3.46. The standard InChI is InChI=1S/C12H24N2/c1-5-12(11(4)13)14-7-6-9(2)10(3)8-14/h5,9-11H,6-8,13H2,1-4H3/b12-5+/t9?,10-,11?/m1/s1. The van der Waals surface area contributed by atoms with Gasteiger partial charge in [-0.05, 0) is 32.1 Å². The van der Waals surface area contributed by atoms with E-state index in [0.29, 0.717) is 0 Å². The maximum atomic E-state index is 5.95. The Morgan fingerprint density at radius 3 is 2.50 bits per heavy atom. The van der Waals surface area contributed by atoms with Gasteiger partial charge in [0.2, 0.25) is 0 Å². The molecule has 1 aliphatic heterocycles. The van der Waals surface area contributed by atoms with Crippen LogP contribution in [-0.4, -0.2) is 24.0 Å². The lowest BCUT2D eigenvalue weighted by atomic mass is 9.88. The maximum Gasteiger partial charge on any atom is 0.0414 e. The summed E-state index contributed by atoms with van der Waals surface area (Å²) in [7, 11) is 0. The lowest BCUT2D eigenvalue weighted by molar-refractivity contribution is 0.166. The van der Waals surface area contributed by atoms with Crippen LogP contribution in [0.2, 0.25) is 0 Å². The van der Waals surface area contributed by atoms with E-state index in [1.165, 1.54) is 25.2 Å². The summed E-state index contributed by atoms with van der Waals surface area (Å²) in [5, 5.41) is 0. The van der Waals surface area contributed by atoms with Crippen LogP contribution in [-0.2, 0) is 0 Å². The van der Waals surface area contributed by atoms with Gasteiger partial charge in [-0.15, -0.1) is 0 Å². The molecule has 0 bridgehead atoms. The minimum absolute atomic E-state index is 0.167. The molecule has 0 aromatic heterocycles. The van der Waals surface area contributed by atoms with Crippen LogP contribution in [0.4, 0.5) is 0 Å². The fraction of sp³-hybridized carbons (Fsp3) is 0.833. The van der Waals surface area contributed by atoms with Crippen molar-refractivity contribution in [3.63, 3.8) is 0 Å². The van der Waals surface area contributed by atoms with E-state index < -0.39 is 0 Å². The summed E-state index contributed by atoms with van der Waals surface area (Å²) in [5.74, 6) is 1.65. The number of allylic oxidation sites excluding steroid dienone is 1. The first-order valence-electron chi connectivity index (χ1n) is 5.73. The quantitative estimate of drug-likeness (QED) is 0.733. The Balaban J connectivity index is 2.62. The van der Waals surface area contributed by atoms with Crippen LogP contribution < -0.4 is 5.73 Å². The molecule has 14 heavy (non-hydrogen) atoms. The predicted molar refractivity (Wildman–Crippen MR) is 61.9 cm³/mol. The van der Waals surface area contributed by atoms with Gasteiger partial charge in [0, 0.05) is 24.8 Å². The molecule has 2 N–H and O–H groups in total. The molecule has 1 saturated heterocycles. The monoisotopic (exact) mass is 196 g/mol. The highest BCUT2D eigenvalue weighted by Crippen LogP contribution is 2.25.